The molecule has 0 spiro atoms. The molecule has 1 aliphatic heterocycles. The van der Waals surface area contributed by atoms with E-state index >= 15 is 0 Å². The van der Waals surface area contributed by atoms with E-state index in [9.17, 15) is 8.42 Å². The molecule has 4 nitrogen and oxygen atoms in total. The molecular weight excluding hydrogens is 308 g/mol. The molecule has 1 aromatic carbocycles. The van der Waals surface area contributed by atoms with Gasteiger partial charge >= 0.3 is 0 Å². The van der Waals surface area contributed by atoms with E-state index in [0.717, 1.165) is 11.8 Å². The number of hydrogen-bond donors (Lipinski definition) is 0. The van der Waals surface area contributed by atoms with Gasteiger partial charge in [-0.2, -0.15) is 4.31 Å². The number of sulfonamides is 1. The van der Waals surface area contributed by atoms with Crippen molar-refractivity contribution in [2.75, 3.05) is 6.54 Å². The maximum atomic E-state index is 12.8. The van der Waals surface area contributed by atoms with E-state index in [1.807, 2.05) is 6.92 Å². The Balaban J connectivity index is 2.05. The van der Waals surface area contributed by atoms with Gasteiger partial charge in [-0.1, -0.05) is 18.5 Å². The van der Waals surface area contributed by atoms with Crippen molar-refractivity contribution in [3.63, 3.8) is 0 Å². The van der Waals surface area contributed by atoms with Crippen molar-refractivity contribution >= 4 is 32.5 Å². The predicted molar refractivity (Wildman–Crippen MR) is 83.9 cm³/mol. The van der Waals surface area contributed by atoms with Gasteiger partial charge in [0.05, 0.1) is 10.4 Å². The molecule has 6 heteroatoms. The molecular formula is C15H17ClN2O2S. The van der Waals surface area contributed by atoms with E-state index < -0.39 is 10.0 Å². The number of benzene rings is 1. The number of nitrogens with zero attached hydrogens (tertiary/aromatic N) is 2. The third-order valence-electron chi connectivity index (χ3n) is 3.96. The van der Waals surface area contributed by atoms with Crippen LogP contribution in [0.1, 0.15) is 20.3 Å². The van der Waals surface area contributed by atoms with Crippen molar-refractivity contribution in [2.24, 2.45) is 5.92 Å². The molecule has 3 rings (SSSR count). The van der Waals surface area contributed by atoms with E-state index in [1.54, 1.807) is 34.6 Å². The fraction of sp³-hybridized carbons (Fsp3) is 0.400. The molecule has 0 radical (unpaired) electrons. The molecule has 2 aromatic rings. The minimum atomic E-state index is -3.45. The molecule has 0 aliphatic carbocycles. The van der Waals surface area contributed by atoms with Crippen LogP contribution >= 0.6 is 11.6 Å². The number of rotatable bonds is 2. The lowest BCUT2D eigenvalue weighted by molar-refractivity contribution is 0.405. The summed E-state index contributed by atoms with van der Waals surface area (Å²) in [6.07, 6.45) is 0.907. The summed E-state index contributed by atoms with van der Waals surface area (Å²) in [7, 11) is -3.45. The van der Waals surface area contributed by atoms with E-state index in [1.165, 1.54) is 0 Å². The van der Waals surface area contributed by atoms with E-state index in [0.29, 0.717) is 28.0 Å². The number of pyridine rings is 1. The summed E-state index contributed by atoms with van der Waals surface area (Å²) in [5.41, 5.74) is 0.698. The van der Waals surface area contributed by atoms with Gasteiger partial charge in [0.2, 0.25) is 10.0 Å². The van der Waals surface area contributed by atoms with Crippen molar-refractivity contribution in [1.82, 2.24) is 9.29 Å². The second kappa shape index (κ2) is 5.23. The van der Waals surface area contributed by atoms with Crippen LogP contribution < -0.4 is 0 Å². The summed E-state index contributed by atoms with van der Waals surface area (Å²) in [6.45, 7) is 4.63. The Morgan fingerprint density at radius 1 is 1.24 bits per heavy atom. The topological polar surface area (TPSA) is 50.3 Å². The highest BCUT2D eigenvalue weighted by Gasteiger charge is 2.36. The second-order valence-electron chi connectivity index (χ2n) is 5.75. The summed E-state index contributed by atoms with van der Waals surface area (Å²) >= 11 is 5.85. The molecule has 1 saturated heterocycles. The number of hydrogen-bond acceptors (Lipinski definition) is 3. The first-order chi connectivity index (χ1) is 9.88. The molecule has 0 N–H and O–H groups in total. The van der Waals surface area contributed by atoms with Gasteiger partial charge in [0.1, 0.15) is 5.15 Å². The predicted octanol–water partition coefficient (Wildman–Crippen LogP) is 3.31. The van der Waals surface area contributed by atoms with Crippen LogP contribution in [0.3, 0.4) is 0 Å². The highest BCUT2D eigenvalue weighted by molar-refractivity contribution is 7.89. The average Bonchev–Trinajstić information content (AvgIpc) is 2.77. The molecule has 2 unspecified atom stereocenters. The standard InChI is InChI=1S/C15H17ClN2O2S/c1-10-7-11(2)18(9-10)21(19,20)13-4-5-14-12(8-13)3-6-15(16)17-14/h3-6,8,10-11H,7,9H2,1-2H3. The summed E-state index contributed by atoms with van der Waals surface area (Å²) in [4.78, 5) is 4.50. The Hall–Kier alpha value is -1.17. The Bertz CT molecular complexity index is 791. The normalized spacial score (nSPS) is 23.8. The zero-order valence-corrected chi connectivity index (χ0v) is 13.5. The second-order valence-corrected chi connectivity index (χ2v) is 8.03. The number of aromatic nitrogens is 1. The van der Waals surface area contributed by atoms with Crippen LogP contribution in [0.15, 0.2) is 35.2 Å². The SMILES string of the molecule is CC1CC(C)N(S(=O)(=O)c2ccc3nc(Cl)ccc3c2)C1. The Kier molecular flexibility index (Phi) is 3.67. The first-order valence-corrected chi connectivity index (χ1v) is 8.78. The lowest BCUT2D eigenvalue weighted by Gasteiger charge is -2.21. The van der Waals surface area contributed by atoms with Crippen LogP contribution in [0.25, 0.3) is 10.9 Å². The fourth-order valence-corrected chi connectivity index (χ4v) is 4.92. The summed E-state index contributed by atoms with van der Waals surface area (Å²) < 4.78 is 27.2. The monoisotopic (exact) mass is 324 g/mol. The van der Waals surface area contributed by atoms with Gasteiger partial charge in [-0.15, -0.1) is 0 Å². The lowest BCUT2D eigenvalue weighted by atomic mass is 10.1. The summed E-state index contributed by atoms with van der Waals surface area (Å²) in [5.74, 6) is 0.399. The molecule has 1 fully saturated rings. The van der Waals surface area contributed by atoms with Gasteiger partial charge in [-0.3, -0.25) is 0 Å². The van der Waals surface area contributed by atoms with Gasteiger partial charge in [0, 0.05) is 18.0 Å². The molecule has 2 atom stereocenters. The molecule has 1 aromatic heterocycles. The maximum Gasteiger partial charge on any atom is 0.243 e. The first-order valence-electron chi connectivity index (χ1n) is 6.96. The molecule has 0 saturated carbocycles. The Morgan fingerprint density at radius 2 is 2.00 bits per heavy atom. The van der Waals surface area contributed by atoms with Crippen molar-refractivity contribution in [1.29, 1.82) is 0 Å². The highest BCUT2D eigenvalue weighted by atomic mass is 35.5. The zero-order valence-electron chi connectivity index (χ0n) is 12.0. The lowest BCUT2D eigenvalue weighted by Crippen LogP contribution is -2.33. The quantitative estimate of drug-likeness (QED) is 0.796. The average molecular weight is 325 g/mol. The third kappa shape index (κ3) is 2.65. The molecule has 0 bridgehead atoms. The van der Waals surface area contributed by atoms with Crippen LogP contribution in [-0.4, -0.2) is 30.3 Å². The van der Waals surface area contributed by atoms with Crippen LogP contribution in [0, 0.1) is 5.92 Å². The molecule has 112 valence electrons. The minimum Gasteiger partial charge on any atom is -0.236 e. The third-order valence-corrected chi connectivity index (χ3v) is 6.15. The van der Waals surface area contributed by atoms with Crippen molar-refractivity contribution in [3.8, 4) is 0 Å². The maximum absolute atomic E-state index is 12.8. The van der Waals surface area contributed by atoms with Crippen molar-refractivity contribution in [2.45, 2.75) is 31.2 Å². The Morgan fingerprint density at radius 3 is 2.67 bits per heavy atom. The summed E-state index contributed by atoms with van der Waals surface area (Å²) in [6, 6.07) is 8.49. The van der Waals surface area contributed by atoms with Crippen molar-refractivity contribution < 1.29 is 8.42 Å². The largest absolute Gasteiger partial charge is 0.243 e. The number of fused-ring (bicyclic) bond motifs is 1. The van der Waals surface area contributed by atoms with E-state index in [4.69, 9.17) is 11.6 Å². The van der Waals surface area contributed by atoms with Gasteiger partial charge in [-0.25, -0.2) is 13.4 Å². The molecule has 0 amide bonds. The molecule has 21 heavy (non-hydrogen) atoms. The first kappa shape index (κ1) is 14.8. The fourth-order valence-electron chi connectivity index (χ4n) is 2.97. The van der Waals surface area contributed by atoms with Crippen molar-refractivity contribution in [3.05, 3.63) is 35.5 Å². The Labute approximate surface area is 129 Å². The number of halogens is 1. The molecule has 1 aliphatic rings. The zero-order chi connectivity index (χ0) is 15.2. The van der Waals surface area contributed by atoms with Gasteiger partial charge < -0.3 is 0 Å². The van der Waals surface area contributed by atoms with Crippen LogP contribution in [-0.2, 0) is 10.0 Å². The van der Waals surface area contributed by atoms with E-state index in [2.05, 4.69) is 11.9 Å². The van der Waals surface area contributed by atoms with Gasteiger partial charge in [-0.05, 0) is 49.6 Å². The molecule has 2 heterocycles. The van der Waals surface area contributed by atoms with Crippen LogP contribution in [0.4, 0.5) is 0 Å². The van der Waals surface area contributed by atoms with Crippen LogP contribution in [0.2, 0.25) is 5.15 Å². The summed E-state index contributed by atoms with van der Waals surface area (Å²) in [5, 5.41) is 1.18. The van der Waals surface area contributed by atoms with E-state index in [-0.39, 0.29) is 6.04 Å². The highest BCUT2D eigenvalue weighted by Crippen LogP contribution is 2.30. The van der Waals surface area contributed by atoms with Gasteiger partial charge in [0.25, 0.3) is 0 Å². The minimum absolute atomic E-state index is 0.0454. The van der Waals surface area contributed by atoms with Gasteiger partial charge in [0.15, 0.2) is 0 Å². The van der Waals surface area contributed by atoms with Crippen LogP contribution in [0.5, 0.6) is 0 Å². The smallest absolute Gasteiger partial charge is 0.236 e.